The number of benzene rings is 2. The first kappa shape index (κ1) is 31.9. The largest absolute Gasteiger partial charge is 0.497 e. The summed E-state index contributed by atoms with van der Waals surface area (Å²) in [5.41, 5.74) is 2.89. The minimum absolute atomic E-state index is 0.0596. The molecule has 0 bridgehead atoms. The van der Waals surface area contributed by atoms with Crippen LogP contribution in [-0.4, -0.2) is 32.4 Å². The molecule has 3 rings (SSSR count). The van der Waals surface area contributed by atoms with Gasteiger partial charge in [-0.3, -0.25) is 4.79 Å². The second-order valence-electron chi connectivity index (χ2n) is 11.3. The zero-order valence-corrected chi connectivity index (χ0v) is 25.8. The van der Waals surface area contributed by atoms with E-state index in [-0.39, 0.29) is 11.3 Å². The molecule has 2 aromatic carbocycles. The van der Waals surface area contributed by atoms with E-state index in [9.17, 15) is 10.1 Å². The number of nitriles is 1. The average Bonchev–Trinajstić information content (AvgIpc) is 2.99. The molecule has 6 heteroatoms. The molecule has 0 spiro atoms. The van der Waals surface area contributed by atoms with Gasteiger partial charge < -0.3 is 14.8 Å². The molecule has 0 saturated heterocycles. The Bertz CT molecular complexity index is 1100. The summed E-state index contributed by atoms with van der Waals surface area (Å²) >= 11 is 1.94. The Morgan fingerprint density at radius 3 is 2.30 bits per heavy atom. The molecular weight excluding hydrogens is 516 g/mol. The Balaban J connectivity index is 1.46. The minimum Gasteiger partial charge on any atom is -0.497 e. The molecule has 5 nitrogen and oxygen atoms in total. The number of hydrogen-bond acceptors (Lipinski definition) is 5. The Hall–Kier alpha value is -2.65. The summed E-state index contributed by atoms with van der Waals surface area (Å²) in [4.78, 5) is 13.5. The van der Waals surface area contributed by atoms with Crippen molar-refractivity contribution in [2.75, 3.05) is 26.5 Å². The van der Waals surface area contributed by atoms with Crippen LogP contribution < -0.4 is 14.8 Å². The zero-order valence-electron chi connectivity index (χ0n) is 25.0. The maximum Gasteiger partial charge on any atom is 0.237 e. The van der Waals surface area contributed by atoms with E-state index >= 15 is 0 Å². The van der Waals surface area contributed by atoms with Crippen LogP contribution >= 0.6 is 11.8 Å². The predicted molar refractivity (Wildman–Crippen MR) is 165 cm³/mol. The standard InChI is InChI=1S/C34H48N2O3S/c1-5-6-14-26(24-35)33(37)36-22-13-11-9-7-8-10-12-15-31-30-21-20-29(39-4)23-32(30)40-25-34(31,2)27-16-18-28(38-3)19-17-27/h16-21,23,26,31H,5-15,22,25H2,1-4H3,(H,36,37). The van der Waals surface area contributed by atoms with Gasteiger partial charge in [0, 0.05) is 22.6 Å². The van der Waals surface area contributed by atoms with E-state index in [0.717, 1.165) is 42.9 Å². The molecule has 1 amide bonds. The monoisotopic (exact) mass is 564 g/mol. The van der Waals surface area contributed by atoms with Gasteiger partial charge in [0.25, 0.3) is 0 Å². The summed E-state index contributed by atoms with van der Waals surface area (Å²) < 4.78 is 10.9. The fourth-order valence-electron chi connectivity index (χ4n) is 5.81. The van der Waals surface area contributed by atoms with Crippen molar-refractivity contribution in [3.8, 4) is 17.6 Å². The van der Waals surface area contributed by atoms with Crippen molar-refractivity contribution in [1.82, 2.24) is 5.32 Å². The molecule has 0 aliphatic carbocycles. The van der Waals surface area contributed by atoms with Gasteiger partial charge >= 0.3 is 0 Å². The van der Waals surface area contributed by atoms with Crippen LogP contribution in [0, 0.1) is 17.2 Å². The molecule has 2 aromatic rings. The fraction of sp³-hybridized carbons (Fsp3) is 0.588. The van der Waals surface area contributed by atoms with Crippen LogP contribution in [-0.2, 0) is 10.2 Å². The molecule has 0 radical (unpaired) electrons. The quantitative estimate of drug-likeness (QED) is 0.195. The Labute approximate surface area is 246 Å². The van der Waals surface area contributed by atoms with Crippen LogP contribution in [0.1, 0.15) is 102 Å². The smallest absolute Gasteiger partial charge is 0.237 e. The number of rotatable bonds is 17. The summed E-state index contributed by atoms with van der Waals surface area (Å²) in [5, 5.41) is 12.2. The minimum atomic E-state index is -0.497. The lowest BCUT2D eigenvalue weighted by molar-refractivity contribution is -0.123. The third-order valence-electron chi connectivity index (χ3n) is 8.43. The number of methoxy groups -OCH3 is 2. The second-order valence-corrected chi connectivity index (χ2v) is 12.3. The van der Waals surface area contributed by atoms with Gasteiger partial charge in [0.05, 0.1) is 20.3 Å². The summed E-state index contributed by atoms with van der Waals surface area (Å²) in [6, 6.07) is 17.4. The Morgan fingerprint density at radius 2 is 1.65 bits per heavy atom. The van der Waals surface area contributed by atoms with Crippen LogP contribution in [0.3, 0.4) is 0 Å². The van der Waals surface area contributed by atoms with Crippen molar-refractivity contribution in [2.24, 2.45) is 5.92 Å². The first-order chi connectivity index (χ1) is 19.5. The van der Waals surface area contributed by atoms with E-state index in [4.69, 9.17) is 9.47 Å². The first-order valence-electron chi connectivity index (χ1n) is 15.1. The number of ether oxygens (including phenoxy) is 2. The van der Waals surface area contributed by atoms with Crippen LogP contribution in [0.25, 0.3) is 0 Å². The molecule has 0 saturated carbocycles. The number of nitrogens with one attached hydrogen (secondary N) is 1. The van der Waals surface area contributed by atoms with Crippen LogP contribution in [0.5, 0.6) is 11.5 Å². The highest BCUT2D eigenvalue weighted by Crippen LogP contribution is 2.52. The number of thioether (sulfide) groups is 1. The predicted octanol–water partition coefficient (Wildman–Crippen LogP) is 8.42. The molecule has 1 N–H and O–H groups in total. The van der Waals surface area contributed by atoms with Gasteiger partial charge in [-0.05, 0) is 60.6 Å². The highest BCUT2D eigenvalue weighted by atomic mass is 32.2. The molecule has 3 unspecified atom stereocenters. The lowest BCUT2D eigenvalue weighted by Crippen LogP contribution is -2.36. The number of nitrogens with zero attached hydrogens (tertiary/aromatic N) is 1. The van der Waals surface area contributed by atoms with Gasteiger partial charge in [-0.1, -0.05) is 83.4 Å². The van der Waals surface area contributed by atoms with Crippen LogP contribution in [0.2, 0.25) is 0 Å². The van der Waals surface area contributed by atoms with Crippen molar-refractivity contribution >= 4 is 17.7 Å². The van der Waals surface area contributed by atoms with Crippen molar-refractivity contribution < 1.29 is 14.3 Å². The van der Waals surface area contributed by atoms with Crippen molar-refractivity contribution in [1.29, 1.82) is 5.26 Å². The van der Waals surface area contributed by atoms with Crippen LogP contribution in [0.4, 0.5) is 0 Å². The van der Waals surface area contributed by atoms with E-state index < -0.39 is 5.92 Å². The maximum atomic E-state index is 12.1. The zero-order chi connectivity index (χ0) is 28.8. The lowest BCUT2D eigenvalue weighted by atomic mass is 9.68. The molecule has 40 heavy (non-hydrogen) atoms. The summed E-state index contributed by atoms with van der Waals surface area (Å²) in [5.74, 6) is 2.74. The second kappa shape index (κ2) is 16.6. The Morgan fingerprint density at radius 1 is 1.00 bits per heavy atom. The third-order valence-corrected chi connectivity index (χ3v) is 9.84. The molecule has 3 atom stereocenters. The van der Waals surface area contributed by atoms with Gasteiger partial charge in [-0.15, -0.1) is 11.8 Å². The molecule has 1 aliphatic heterocycles. The number of carbonyl (C=O) groups is 1. The number of unbranched alkanes of at least 4 members (excludes halogenated alkanes) is 7. The molecular formula is C34H48N2O3S. The number of carbonyl (C=O) groups excluding carboxylic acids is 1. The first-order valence-corrected chi connectivity index (χ1v) is 16.1. The van der Waals surface area contributed by atoms with Gasteiger partial charge in [0.1, 0.15) is 17.4 Å². The third kappa shape index (κ3) is 8.67. The Kier molecular flexibility index (Phi) is 13.2. The molecule has 218 valence electrons. The number of hydrogen-bond donors (Lipinski definition) is 1. The molecule has 0 aromatic heterocycles. The van der Waals surface area contributed by atoms with E-state index in [0.29, 0.717) is 18.9 Å². The lowest BCUT2D eigenvalue weighted by Gasteiger charge is -2.43. The summed E-state index contributed by atoms with van der Waals surface area (Å²) in [6.07, 6.45) is 12.0. The van der Waals surface area contributed by atoms with Crippen molar-refractivity contribution in [3.63, 3.8) is 0 Å². The van der Waals surface area contributed by atoms with Crippen molar-refractivity contribution in [2.45, 2.75) is 101 Å². The molecule has 1 aliphatic rings. The van der Waals surface area contributed by atoms with E-state index in [2.05, 4.69) is 67.7 Å². The fourth-order valence-corrected chi connectivity index (χ4v) is 7.21. The average molecular weight is 565 g/mol. The normalized spacial score (nSPS) is 18.8. The van der Waals surface area contributed by atoms with Gasteiger partial charge in [-0.2, -0.15) is 5.26 Å². The van der Waals surface area contributed by atoms with E-state index in [1.807, 2.05) is 11.8 Å². The highest BCUT2D eigenvalue weighted by Gasteiger charge is 2.41. The summed E-state index contributed by atoms with van der Waals surface area (Å²) in [7, 11) is 3.46. The summed E-state index contributed by atoms with van der Waals surface area (Å²) in [6.45, 7) is 5.19. The van der Waals surface area contributed by atoms with Gasteiger partial charge in [0.15, 0.2) is 0 Å². The van der Waals surface area contributed by atoms with Gasteiger partial charge in [0.2, 0.25) is 5.91 Å². The van der Waals surface area contributed by atoms with E-state index in [1.165, 1.54) is 54.5 Å². The number of fused-ring (bicyclic) bond motifs is 1. The van der Waals surface area contributed by atoms with Crippen LogP contribution in [0.15, 0.2) is 47.4 Å². The maximum absolute atomic E-state index is 12.1. The molecule has 1 heterocycles. The molecule has 0 fully saturated rings. The SMILES string of the molecule is CCCCC(C#N)C(=O)NCCCCCCCCCC1c2ccc(OC)cc2SCC1(C)c1ccc(OC)cc1. The van der Waals surface area contributed by atoms with E-state index in [1.54, 1.807) is 14.2 Å². The number of amides is 1. The van der Waals surface area contributed by atoms with Crippen molar-refractivity contribution in [3.05, 3.63) is 53.6 Å². The van der Waals surface area contributed by atoms with Gasteiger partial charge in [-0.25, -0.2) is 0 Å². The highest BCUT2D eigenvalue weighted by molar-refractivity contribution is 7.99. The topological polar surface area (TPSA) is 71.4 Å².